The van der Waals surface area contributed by atoms with Crippen molar-refractivity contribution in [2.45, 2.75) is 64.9 Å². The molecular weight excluding hydrogens is 220 g/mol. The van der Waals surface area contributed by atoms with Crippen LogP contribution in [0.25, 0.3) is 0 Å². The average Bonchev–Trinajstić information content (AvgIpc) is 2.28. The van der Waals surface area contributed by atoms with Crippen LogP contribution in [0.15, 0.2) is 0 Å². The molecule has 4 atom stereocenters. The molecule has 0 amide bonds. The van der Waals surface area contributed by atoms with Crippen LogP contribution < -0.4 is 0 Å². The lowest BCUT2D eigenvalue weighted by atomic mass is 9.83. The van der Waals surface area contributed by atoms with E-state index in [1.807, 2.05) is 0 Å². The van der Waals surface area contributed by atoms with Gasteiger partial charge >= 0.3 is 0 Å². The molecule has 16 heavy (non-hydrogen) atoms. The van der Waals surface area contributed by atoms with E-state index in [0.29, 0.717) is 11.8 Å². The van der Waals surface area contributed by atoms with Gasteiger partial charge in [-0.05, 0) is 30.6 Å². The fourth-order valence-corrected chi connectivity index (χ4v) is 2.98. The average molecular weight is 247 g/mol. The molecule has 1 nitrogen and oxygen atoms in total. The zero-order valence-electron chi connectivity index (χ0n) is 11.0. The molecule has 2 heteroatoms. The van der Waals surface area contributed by atoms with Gasteiger partial charge in [-0.2, -0.15) is 0 Å². The normalized spacial score (nSPS) is 32.6. The molecule has 0 spiro atoms. The van der Waals surface area contributed by atoms with Gasteiger partial charge in [0.25, 0.3) is 0 Å². The van der Waals surface area contributed by atoms with Gasteiger partial charge in [0.1, 0.15) is 5.56 Å². The number of ether oxygens (including phenoxy) is 1. The maximum absolute atomic E-state index is 6.26. The highest BCUT2D eigenvalue weighted by molar-refractivity contribution is 6.19. The van der Waals surface area contributed by atoms with E-state index in [4.69, 9.17) is 16.3 Å². The molecule has 96 valence electrons. The highest BCUT2D eigenvalue weighted by atomic mass is 35.5. The maximum Gasteiger partial charge on any atom is 0.134 e. The van der Waals surface area contributed by atoms with Crippen molar-refractivity contribution in [3.63, 3.8) is 0 Å². The summed E-state index contributed by atoms with van der Waals surface area (Å²) in [7, 11) is 0. The Morgan fingerprint density at radius 3 is 2.75 bits per heavy atom. The van der Waals surface area contributed by atoms with Crippen molar-refractivity contribution in [2.24, 2.45) is 17.8 Å². The Balaban J connectivity index is 2.36. The minimum atomic E-state index is -0.0353. The number of hydrogen-bond donors (Lipinski definition) is 0. The smallest absolute Gasteiger partial charge is 0.134 e. The van der Waals surface area contributed by atoms with Crippen LogP contribution >= 0.6 is 11.6 Å². The lowest BCUT2D eigenvalue weighted by Gasteiger charge is -2.33. The molecule has 1 fully saturated rings. The molecule has 1 rings (SSSR count). The van der Waals surface area contributed by atoms with Gasteiger partial charge in [0.05, 0.1) is 6.61 Å². The Labute approximate surface area is 106 Å². The summed E-state index contributed by atoms with van der Waals surface area (Å²) in [5.74, 6) is 2.11. The second-order valence-electron chi connectivity index (χ2n) is 5.44. The van der Waals surface area contributed by atoms with Crippen LogP contribution in [0.4, 0.5) is 0 Å². The molecule has 0 saturated carbocycles. The van der Waals surface area contributed by atoms with Crippen molar-refractivity contribution in [1.29, 1.82) is 0 Å². The first-order valence-corrected chi connectivity index (χ1v) is 7.36. The van der Waals surface area contributed by atoms with Crippen LogP contribution in [0.5, 0.6) is 0 Å². The number of hydrogen-bond acceptors (Lipinski definition) is 1. The molecule has 1 aliphatic heterocycles. The quantitative estimate of drug-likeness (QED) is 0.610. The van der Waals surface area contributed by atoms with Gasteiger partial charge in [-0.15, -0.1) is 0 Å². The maximum atomic E-state index is 6.26. The van der Waals surface area contributed by atoms with Gasteiger partial charge in [-0.1, -0.05) is 58.1 Å². The molecule has 0 aromatic carbocycles. The van der Waals surface area contributed by atoms with Crippen LogP contribution in [0.2, 0.25) is 0 Å². The SMILES string of the molecule is CCCCC(CC)CC1CC(C)COC1Cl. The van der Waals surface area contributed by atoms with Crippen molar-refractivity contribution < 1.29 is 4.74 Å². The number of rotatable bonds is 6. The monoisotopic (exact) mass is 246 g/mol. The third-order valence-electron chi connectivity index (χ3n) is 3.80. The minimum absolute atomic E-state index is 0.0353. The Bertz CT molecular complexity index is 184. The Kier molecular flexibility index (Phi) is 6.75. The number of unbranched alkanes of at least 4 members (excludes halogenated alkanes) is 1. The van der Waals surface area contributed by atoms with Crippen LogP contribution in [0.1, 0.15) is 59.3 Å². The molecule has 1 heterocycles. The Hall–Kier alpha value is 0.250. The van der Waals surface area contributed by atoms with E-state index in [1.54, 1.807) is 0 Å². The number of halogens is 1. The molecule has 4 unspecified atom stereocenters. The van der Waals surface area contributed by atoms with Crippen LogP contribution in [0.3, 0.4) is 0 Å². The van der Waals surface area contributed by atoms with Crippen molar-refractivity contribution in [3.8, 4) is 0 Å². The van der Waals surface area contributed by atoms with Crippen molar-refractivity contribution in [3.05, 3.63) is 0 Å². The van der Waals surface area contributed by atoms with Crippen molar-refractivity contribution >= 4 is 11.6 Å². The van der Waals surface area contributed by atoms with Gasteiger partial charge in [-0.25, -0.2) is 0 Å². The first kappa shape index (κ1) is 14.3. The first-order valence-electron chi connectivity index (χ1n) is 6.93. The Morgan fingerprint density at radius 2 is 2.12 bits per heavy atom. The molecule has 1 aliphatic rings. The van der Waals surface area contributed by atoms with E-state index in [1.165, 1.54) is 38.5 Å². The van der Waals surface area contributed by atoms with Crippen molar-refractivity contribution in [1.82, 2.24) is 0 Å². The summed E-state index contributed by atoms with van der Waals surface area (Å²) in [5, 5.41) is 0. The predicted molar refractivity (Wildman–Crippen MR) is 70.8 cm³/mol. The number of alkyl halides is 1. The van der Waals surface area contributed by atoms with Gasteiger partial charge < -0.3 is 4.74 Å². The highest BCUT2D eigenvalue weighted by Gasteiger charge is 2.29. The second kappa shape index (κ2) is 7.55. The standard InChI is InChI=1S/C14H27ClO/c1-4-6-7-12(5-2)9-13-8-11(3)10-16-14(13)15/h11-14H,4-10H2,1-3H3. The second-order valence-corrected chi connectivity index (χ2v) is 5.87. The van der Waals surface area contributed by atoms with Crippen LogP contribution in [0, 0.1) is 17.8 Å². The van der Waals surface area contributed by atoms with E-state index < -0.39 is 0 Å². The molecule has 0 bridgehead atoms. The molecule has 0 aromatic heterocycles. The zero-order valence-corrected chi connectivity index (χ0v) is 11.8. The summed E-state index contributed by atoms with van der Waals surface area (Å²) < 4.78 is 5.62. The molecular formula is C14H27ClO. The molecule has 0 aliphatic carbocycles. The Morgan fingerprint density at radius 1 is 1.38 bits per heavy atom. The summed E-state index contributed by atoms with van der Waals surface area (Å²) in [5.41, 5.74) is -0.0353. The van der Waals surface area contributed by atoms with Gasteiger partial charge in [-0.3, -0.25) is 0 Å². The van der Waals surface area contributed by atoms with Crippen LogP contribution in [-0.4, -0.2) is 12.2 Å². The summed E-state index contributed by atoms with van der Waals surface area (Å²) in [6.45, 7) is 7.68. The van der Waals surface area contributed by atoms with Gasteiger partial charge in [0.15, 0.2) is 0 Å². The van der Waals surface area contributed by atoms with E-state index in [0.717, 1.165) is 12.5 Å². The highest BCUT2D eigenvalue weighted by Crippen LogP contribution is 2.34. The minimum Gasteiger partial charge on any atom is -0.362 e. The topological polar surface area (TPSA) is 9.23 Å². The zero-order chi connectivity index (χ0) is 12.0. The third-order valence-corrected chi connectivity index (χ3v) is 4.28. The van der Waals surface area contributed by atoms with Crippen LogP contribution in [-0.2, 0) is 4.74 Å². The van der Waals surface area contributed by atoms with Gasteiger partial charge in [0.2, 0.25) is 0 Å². The molecule has 0 N–H and O–H groups in total. The fourth-order valence-electron chi connectivity index (χ4n) is 2.70. The lowest BCUT2D eigenvalue weighted by Crippen LogP contribution is -2.31. The van der Waals surface area contributed by atoms with E-state index in [2.05, 4.69) is 20.8 Å². The van der Waals surface area contributed by atoms with Crippen molar-refractivity contribution in [2.75, 3.05) is 6.61 Å². The fraction of sp³-hybridized carbons (Fsp3) is 1.00. The largest absolute Gasteiger partial charge is 0.362 e. The predicted octanol–water partition coefficient (Wildman–Crippen LogP) is 4.83. The molecule has 0 radical (unpaired) electrons. The summed E-state index contributed by atoms with van der Waals surface area (Å²) in [4.78, 5) is 0. The summed E-state index contributed by atoms with van der Waals surface area (Å²) in [6.07, 6.45) is 7.81. The van der Waals surface area contributed by atoms with E-state index in [9.17, 15) is 0 Å². The molecule has 1 saturated heterocycles. The van der Waals surface area contributed by atoms with Gasteiger partial charge in [0, 0.05) is 0 Å². The van der Waals surface area contributed by atoms with E-state index >= 15 is 0 Å². The summed E-state index contributed by atoms with van der Waals surface area (Å²) >= 11 is 6.26. The summed E-state index contributed by atoms with van der Waals surface area (Å²) in [6, 6.07) is 0. The first-order chi connectivity index (χ1) is 7.67. The molecule has 0 aromatic rings. The van der Waals surface area contributed by atoms with E-state index in [-0.39, 0.29) is 5.56 Å². The lowest BCUT2D eigenvalue weighted by molar-refractivity contribution is -0.0141. The third kappa shape index (κ3) is 4.63.